The van der Waals surface area contributed by atoms with Crippen molar-refractivity contribution in [3.05, 3.63) is 30.1 Å². The summed E-state index contributed by atoms with van der Waals surface area (Å²) in [7, 11) is 0. The average molecular weight is 342 g/mol. The highest BCUT2D eigenvalue weighted by molar-refractivity contribution is 5.81. The van der Waals surface area contributed by atoms with Crippen LogP contribution in [0.4, 0.5) is 0 Å². The molecule has 0 atom stereocenters. The van der Waals surface area contributed by atoms with Crippen LogP contribution in [0.3, 0.4) is 0 Å². The Kier molecular flexibility index (Phi) is 5.68. The molecule has 3 rings (SSSR count). The van der Waals surface area contributed by atoms with Gasteiger partial charge in [-0.05, 0) is 25.0 Å². The Morgan fingerprint density at radius 3 is 2.72 bits per heavy atom. The maximum Gasteiger partial charge on any atom is 0.240 e. The lowest BCUT2D eigenvalue weighted by Gasteiger charge is -2.14. The monoisotopic (exact) mass is 342 g/mol. The molecule has 0 spiro atoms. The second kappa shape index (κ2) is 8.14. The van der Waals surface area contributed by atoms with Crippen molar-refractivity contribution < 1.29 is 9.59 Å². The number of benzene rings is 1. The summed E-state index contributed by atoms with van der Waals surface area (Å²) < 4.78 is 1.97. The summed E-state index contributed by atoms with van der Waals surface area (Å²) in [6.07, 6.45) is 5.62. The molecule has 1 aliphatic carbocycles. The number of carbonyl (C=O) groups is 2. The summed E-state index contributed by atoms with van der Waals surface area (Å²) >= 11 is 0. The number of aromatic nitrogens is 2. The van der Waals surface area contributed by atoms with Gasteiger partial charge < -0.3 is 15.2 Å². The number of para-hydroxylation sites is 2. The minimum atomic E-state index is 0.0293. The van der Waals surface area contributed by atoms with Gasteiger partial charge in [0.05, 0.1) is 11.0 Å². The minimum Gasteiger partial charge on any atom is -0.356 e. The van der Waals surface area contributed by atoms with E-state index in [0.29, 0.717) is 25.4 Å². The molecule has 1 heterocycles. The van der Waals surface area contributed by atoms with Gasteiger partial charge in [0.1, 0.15) is 12.4 Å². The van der Waals surface area contributed by atoms with Crippen LogP contribution in [-0.2, 0) is 22.6 Å². The molecule has 0 aliphatic heterocycles. The molecule has 1 aromatic heterocycles. The van der Waals surface area contributed by atoms with Crippen LogP contribution in [0.25, 0.3) is 11.0 Å². The SMILES string of the molecule is CCC(=O)NCCc1nc2ccccc2n1CC(=O)NC1CCCC1. The van der Waals surface area contributed by atoms with Crippen LogP contribution in [0, 0.1) is 0 Å². The molecule has 2 amide bonds. The Morgan fingerprint density at radius 1 is 1.20 bits per heavy atom. The molecular weight excluding hydrogens is 316 g/mol. The van der Waals surface area contributed by atoms with Gasteiger partial charge in [-0.1, -0.05) is 31.9 Å². The molecule has 1 saturated carbocycles. The molecule has 0 radical (unpaired) electrons. The van der Waals surface area contributed by atoms with Crippen molar-refractivity contribution in [2.45, 2.75) is 58.0 Å². The van der Waals surface area contributed by atoms with Gasteiger partial charge in [0.15, 0.2) is 0 Å². The number of nitrogens with one attached hydrogen (secondary N) is 2. The zero-order valence-electron chi connectivity index (χ0n) is 14.8. The van der Waals surface area contributed by atoms with Crippen LogP contribution in [-0.4, -0.2) is 34.0 Å². The van der Waals surface area contributed by atoms with Crippen molar-refractivity contribution in [3.63, 3.8) is 0 Å². The lowest BCUT2D eigenvalue weighted by atomic mass is 10.2. The molecule has 0 unspecified atom stereocenters. The molecule has 6 nitrogen and oxygen atoms in total. The number of imidazole rings is 1. The quantitative estimate of drug-likeness (QED) is 0.810. The zero-order valence-corrected chi connectivity index (χ0v) is 14.8. The number of amides is 2. The lowest BCUT2D eigenvalue weighted by Crippen LogP contribution is -2.35. The van der Waals surface area contributed by atoms with E-state index < -0.39 is 0 Å². The molecule has 1 aliphatic rings. The van der Waals surface area contributed by atoms with Gasteiger partial charge in [-0.2, -0.15) is 0 Å². The Balaban J connectivity index is 1.73. The van der Waals surface area contributed by atoms with Crippen molar-refractivity contribution in [1.82, 2.24) is 20.2 Å². The first-order chi connectivity index (χ1) is 12.2. The zero-order chi connectivity index (χ0) is 17.6. The van der Waals surface area contributed by atoms with E-state index in [-0.39, 0.29) is 18.4 Å². The number of hydrogen-bond donors (Lipinski definition) is 2. The molecule has 6 heteroatoms. The average Bonchev–Trinajstić information content (AvgIpc) is 3.23. The molecule has 1 aromatic carbocycles. The van der Waals surface area contributed by atoms with Gasteiger partial charge in [-0.15, -0.1) is 0 Å². The van der Waals surface area contributed by atoms with Gasteiger partial charge in [0.2, 0.25) is 11.8 Å². The predicted molar refractivity (Wildman–Crippen MR) is 97.1 cm³/mol. The summed E-state index contributed by atoms with van der Waals surface area (Å²) in [5.74, 6) is 0.898. The second-order valence-electron chi connectivity index (χ2n) is 6.61. The van der Waals surface area contributed by atoms with Crippen molar-refractivity contribution in [3.8, 4) is 0 Å². The number of fused-ring (bicyclic) bond motifs is 1. The fraction of sp³-hybridized carbons (Fsp3) is 0.526. The molecule has 25 heavy (non-hydrogen) atoms. The summed E-state index contributed by atoms with van der Waals surface area (Å²) in [6.45, 7) is 2.63. The topological polar surface area (TPSA) is 76.0 Å². The Bertz CT molecular complexity index is 747. The molecule has 134 valence electrons. The minimum absolute atomic E-state index is 0.0293. The van der Waals surface area contributed by atoms with Crippen molar-refractivity contribution in [2.24, 2.45) is 0 Å². The van der Waals surface area contributed by atoms with Crippen LogP contribution in [0.5, 0.6) is 0 Å². The normalized spacial score (nSPS) is 14.8. The molecule has 2 N–H and O–H groups in total. The maximum absolute atomic E-state index is 12.5. The third kappa shape index (κ3) is 4.38. The van der Waals surface area contributed by atoms with E-state index in [1.165, 1.54) is 12.8 Å². The maximum atomic E-state index is 12.5. The second-order valence-corrected chi connectivity index (χ2v) is 6.61. The third-order valence-corrected chi connectivity index (χ3v) is 4.75. The first-order valence-corrected chi connectivity index (χ1v) is 9.17. The predicted octanol–water partition coefficient (Wildman–Crippen LogP) is 2.16. The number of hydrogen-bond acceptors (Lipinski definition) is 3. The van der Waals surface area contributed by atoms with E-state index >= 15 is 0 Å². The Hall–Kier alpha value is -2.37. The van der Waals surface area contributed by atoms with Crippen molar-refractivity contribution >= 4 is 22.8 Å². The Labute approximate surface area is 148 Å². The van der Waals surface area contributed by atoms with E-state index in [0.717, 1.165) is 29.7 Å². The van der Waals surface area contributed by atoms with E-state index in [1.54, 1.807) is 0 Å². The number of nitrogens with zero attached hydrogens (tertiary/aromatic N) is 2. The smallest absolute Gasteiger partial charge is 0.240 e. The van der Waals surface area contributed by atoms with E-state index in [2.05, 4.69) is 15.6 Å². The molecule has 0 bridgehead atoms. The lowest BCUT2D eigenvalue weighted by molar-refractivity contribution is -0.122. The molecule has 2 aromatic rings. The van der Waals surface area contributed by atoms with Crippen LogP contribution in [0.1, 0.15) is 44.9 Å². The van der Waals surface area contributed by atoms with E-state index in [4.69, 9.17) is 0 Å². The van der Waals surface area contributed by atoms with Gasteiger partial charge >= 0.3 is 0 Å². The number of carbonyl (C=O) groups excluding carboxylic acids is 2. The van der Waals surface area contributed by atoms with E-state index in [1.807, 2.05) is 35.8 Å². The summed E-state index contributed by atoms with van der Waals surface area (Å²) in [4.78, 5) is 28.5. The first-order valence-electron chi connectivity index (χ1n) is 9.17. The van der Waals surface area contributed by atoms with Gasteiger partial charge in [-0.3, -0.25) is 9.59 Å². The highest BCUT2D eigenvalue weighted by atomic mass is 16.2. The number of rotatable bonds is 7. The van der Waals surface area contributed by atoms with Gasteiger partial charge in [0.25, 0.3) is 0 Å². The standard InChI is InChI=1S/C19H26N4O2/c1-2-18(24)20-12-11-17-22-15-9-5-6-10-16(15)23(17)13-19(25)21-14-7-3-4-8-14/h5-6,9-10,14H,2-4,7-8,11-13H2,1H3,(H,20,24)(H,21,25). The van der Waals surface area contributed by atoms with Crippen LogP contribution >= 0.6 is 0 Å². The molecule has 0 saturated heterocycles. The fourth-order valence-corrected chi connectivity index (χ4v) is 3.42. The van der Waals surface area contributed by atoms with Gasteiger partial charge in [0, 0.05) is 25.4 Å². The van der Waals surface area contributed by atoms with E-state index in [9.17, 15) is 9.59 Å². The summed E-state index contributed by atoms with van der Waals surface area (Å²) in [5.41, 5.74) is 1.84. The molecule has 1 fully saturated rings. The Morgan fingerprint density at radius 2 is 1.96 bits per heavy atom. The summed E-state index contributed by atoms with van der Waals surface area (Å²) in [6, 6.07) is 8.15. The molecular formula is C19H26N4O2. The fourth-order valence-electron chi connectivity index (χ4n) is 3.42. The van der Waals surface area contributed by atoms with Crippen molar-refractivity contribution in [1.29, 1.82) is 0 Å². The van der Waals surface area contributed by atoms with Gasteiger partial charge in [-0.25, -0.2) is 4.98 Å². The first kappa shape index (κ1) is 17.5. The van der Waals surface area contributed by atoms with Crippen LogP contribution in [0.15, 0.2) is 24.3 Å². The highest BCUT2D eigenvalue weighted by Gasteiger charge is 2.19. The van der Waals surface area contributed by atoms with Crippen molar-refractivity contribution in [2.75, 3.05) is 6.54 Å². The van der Waals surface area contributed by atoms with Crippen LogP contribution in [0.2, 0.25) is 0 Å². The van der Waals surface area contributed by atoms with Crippen LogP contribution < -0.4 is 10.6 Å². The largest absolute Gasteiger partial charge is 0.356 e. The summed E-state index contributed by atoms with van der Waals surface area (Å²) in [5, 5.41) is 6.01. The third-order valence-electron chi connectivity index (χ3n) is 4.75. The highest BCUT2D eigenvalue weighted by Crippen LogP contribution is 2.19.